The van der Waals surface area contributed by atoms with Gasteiger partial charge < -0.3 is 14.4 Å². The number of hydrogen-bond donors (Lipinski definition) is 2. The summed E-state index contributed by atoms with van der Waals surface area (Å²) in [7, 11) is -1.95. The van der Waals surface area contributed by atoms with E-state index in [1.165, 1.54) is 18.1 Å². The summed E-state index contributed by atoms with van der Waals surface area (Å²) in [4.78, 5) is 1.59. The zero-order valence-electron chi connectivity index (χ0n) is 11.9. The lowest BCUT2D eigenvalue weighted by Crippen LogP contribution is -3.14. The van der Waals surface area contributed by atoms with Crippen LogP contribution in [0.15, 0.2) is 27.6 Å². The van der Waals surface area contributed by atoms with Gasteiger partial charge in [0.1, 0.15) is 18.8 Å². The second kappa shape index (κ2) is 7.55. The largest absolute Gasteiger partial charge is 0.496 e. The number of halogens is 1. The Hall–Kier alpha value is -0.670. The average Bonchev–Trinajstić information content (AvgIpc) is 2.48. The molecule has 0 amide bonds. The lowest BCUT2D eigenvalue weighted by atomic mass is 10.3. The minimum atomic E-state index is -3.49. The van der Waals surface area contributed by atoms with E-state index in [0.717, 1.165) is 32.8 Å². The Bertz CT molecular complexity index is 574. The summed E-state index contributed by atoms with van der Waals surface area (Å²) >= 11 is 3.30. The Morgan fingerprint density at radius 2 is 2.10 bits per heavy atom. The van der Waals surface area contributed by atoms with E-state index in [1.54, 1.807) is 12.1 Å². The molecule has 1 fully saturated rings. The molecule has 1 aromatic carbocycles. The van der Waals surface area contributed by atoms with E-state index >= 15 is 0 Å². The number of nitrogens with one attached hydrogen (secondary N) is 2. The smallest absolute Gasteiger partial charge is 0.240 e. The zero-order valence-corrected chi connectivity index (χ0v) is 14.3. The fourth-order valence-corrected chi connectivity index (χ4v) is 3.92. The first-order valence-corrected chi connectivity index (χ1v) is 9.05. The van der Waals surface area contributed by atoms with Crippen LogP contribution in [0.4, 0.5) is 0 Å². The van der Waals surface area contributed by atoms with Gasteiger partial charge in [-0.15, -0.1) is 0 Å². The minimum Gasteiger partial charge on any atom is -0.496 e. The Balaban J connectivity index is 1.93. The van der Waals surface area contributed by atoms with E-state index < -0.39 is 10.0 Å². The molecular weight excluding hydrogens is 360 g/mol. The second-order valence-corrected chi connectivity index (χ2v) is 7.43. The van der Waals surface area contributed by atoms with Crippen LogP contribution < -0.4 is 14.4 Å². The first kappa shape index (κ1) is 16.7. The maximum absolute atomic E-state index is 12.2. The van der Waals surface area contributed by atoms with Crippen molar-refractivity contribution in [2.45, 2.75) is 4.90 Å². The highest BCUT2D eigenvalue weighted by molar-refractivity contribution is 9.10. The third kappa shape index (κ3) is 4.65. The molecule has 1 aliphatic heterocycles. The van der Waals surface area contributed by atoms with Crippen molar-refractivity contribution < 1.29 is 22.8 Å². The highest BCUT2D eigenvalue weighted by Gasteiger charge is 2.18. The Morgan fingerprint density at radius 1 is 1.38 bits per heavy atom. The van der Waals surface area contributed by atoms with Gasteiger partial charge in [-0.1, -0.05) is 0 Å². The van der Waals surface area contributed by atoms with E-state index in [0.29, 0.717) is 16.8 Å². The number of hydrogen-bond acceptors (Lipinski definition) is 4. The zero-order chi connectivity index (χ0) is 15.3. The van der Waals surface area contributed by atoms with Crippen LogP contribution in [0.3, 0.4) is 0 Å². The van der Waals surface area contributed by atoms with Crippen molar-refractivity contribution in [1.82, 2.24) is 4.72 Å². The molecule has 21 heavy (non-hydrogen) atoms. The van der Waals surface area contributed by atoms with Crippen molar-refractivity contribution in [3.8, 4) is 5.75 Å². The maximum Gasteiger partial charge on any atom is 0.240 e. The van der Waals surface area contributed by atoms with Crippen LogP contribution in [-0.2, 0) is 14.8 Å². The van der Waals surface area contributed by atoms with Crippen molar-refractivity contribution in [2.75, 3.05) is 46.5 Å². The number of methoxy groups -OCH3 is 1. The molecule has 1 aromatic rings. The number of rotatable bonds is 6. The molecular formula is C13H20BrN2O4S+. The number of quaternary nitrogens is 1. The van der Waals surface area contributed by atoms with Crippen LogP contribution in [0, 0.1) is 0 Å². The van der Waals surface area contributed by atoms with Crippen molar-refractivity contribution in [1.29, 1.82) is 0 Å². The van der Waals surface area contributed by atoms with Gasteiger partial charge in [-0.25, -0.2) is 13.1 Å². The monoisotopic (exact) mass is 379 g/mol. The molecule has 1 aliphatic rings. The first-order chi connectivity index (χ1) is 10.0. The molecule has 0 unspecified atom stereocenters. The fourth-order valence-electron chi connectivity index (χ4n) is 2.17. The van der Waals surface area contributed by atoms with Crippen molar-refractivity contribution in [3.63, 3.8) is 0 Å². The summed E-state index contributed by atoms with van der Waals surface area (Å²) in [5.74, 6) is 0.603. The van der Waals surface area contributed by atoms with Gasteiger partial charge in [0.2, 0.25) is 10.0 Å². The summed E-state index contributed by atoms with van der Waals surface area (Å²) in [6.07, 6.45) is 0. The van der Waals surface area contributed by atoms with Gasteiger partial charge in [0, 0.05) is 0 Å². The molecule has 0 atom stereocenters. The summed E-state index contributed by atoms with van der Waals surface area (Å²) in [5.41, 5.74) is 0. The second-order valence-electron chi connectivity index (χ2n) is 4.81. The molecule has 6 nitrogen and oxygen atoms in total. The van der Waals surface area contributed by atoms with Gasteiger partial charge in [-0.2, -0.15) is 0 Å². The third-order valence-corrected chi connectivity index (χ3v) is 5.48. The van der Waals surface area contributed by atoms with Crippen LogP contribution in [0.5, 0.6) is 5.75 Å². The molecule has 118 valence electrons. The Morgan fingerprint density at radius 3 is 2.71 bits per heavy atom. The summed E-state index contributed by atoms with van der Waals surface area (Å²) in [6.45, 7) is 4.52. The number of ether oxygens (including phenoxy) is 2. The van der Waals surface area contributed by atoms with Crippen molar-refractivity contribution in [2.24, 2.45) is 0 Å². The summed E-state index contributed by atoms with van der Waals surface area (Å²) in [6, 6.07) is 4.71. The van der Waals surface area contributed by atoms with Gasteiger partial charge in [0.05, 0.1) is 42.8 Å². The van der Waals surface area contributed by atoms with E-state index in [-0.39, 0.29) is 4.90 Å². The molecule has 0 saturated carbocycles. The van der Waals surface area contributed by atoms with Gasteiger partial charge in [-0.05, 0) is 34.1 Å². The predicted molar refractivity (Wildman–Crippen MR) is 82.3 cm³/mol. The van der Waals surface area contributed by atoms with Crippen LogP contribution >= 0.6 is 15.9 Å². The number of morpholine rings is 1. The van der Waals surface area contributed by atoms with Crippen LogP contribution in [0.2, 0.25) is 0 Å². The fraction of sp³-hybridized carbons (Fsp3) is 0.538. The highest BCUT2D eigenvalue weighted by atomic mass is 79.9. The molecule has 2 N–H and O–H groups in total. The highest BCUT2D eigenvalue weighted by Crippen LogP contribution is 2.27. The summed E-state index contributed by atoms with van der Waals surface area (Å²) in [5, 5.41) is 0. The van der Waals surface area contributed by atoms with Crippen LogP contribution in [0.25, 0.3) is 0 Å². The quantitative estimate of drug-likeness (QED) is 0.708. The van der Waals surface area contributed by atoms with Crippen molar-refractivity contribution >= 4 is 26.0 Å². The Kier molecular flexibility index (Phi) is 6.00. The molecule has 0 bridgehead atoms. The molecule has 0 aromatic heterocycles. The van der Waals surface area contributed by atoms with E-state index in [9.17, 15) is 8.42 Å². The van der Waals surface area contributed by atoms with E-state index in [2.05, 4.69) is 20.7 Å². The van der Waals surface area contributed by atoms with Gasteiger partial charge in [0.15, 0.2) is 0 Å². The van der Waals surface area contributed by atoms with Gasteiger partial charge in [-0.3, -0.25) is 0 Å². The topological polar surface area (TPSA) is 69.1 Å². The van der Waals surface area contributed by atoms with Gasteiger partial charge >= 0.3 is 0 Å². The van der Waals surface area contributed by atoms with Crippen LogP contribution in [0.1, 0.15) is 0 Å². The van der Waals surface area contributed by atoms with Gasteiger partial charge in [0.25, 0.3) is 0 Å². The maximum atomic E-state index is 12.2. The van der Waals surface area contributed by atoms with Crippen molar-refractivity contribution in [3.05, 3.63) is 22.7 Å². The average molecular weight is 380 g/mol. The third-order valence-electron chi connectivity index (χ3n) is 3.40. The molecule has 0 spiro atoms. The molecule has 1 heterocycles. The minimum absolute atomic E-state index is 0.229. The molecule has 2 rings (SSSR count). The summed E-state index contributed by atoms with van der Waals surface area (Å²) < 4.78 is 38.1. The molecule has 0 aliphatic carbocycles. The Labute approximate surface area is 133 Å². The molecule has 8 heteroatoms. The SMILES string of the molecule is COc1ccc(S(=O)(=O)NCC[NH+]2CCOCC2)cc1Br. The molecule has 0 radical (unpaired) electrons. The first-order valence-electron chi connectivity index (χ1n) is 6.77. The normalized spacial score (nSPS) is 16.9. The standard InChI is InChI=1S/C13H19BrN2O4S/c1-19-13-3-2-11(10-12(13)14)21(17,18)15-4-5-16-6-8-20-9-7-16/h2-3,10,15H,4-9H2,1H3/p+1. The number of benzene rings is 1. The van der Waals surface area contributed by atoms with E-state index in [4.69, 9.17) is 9.47 Å². The number of sulfonamides is 1. The lowest BCUT2D eigenvalue weighted by molar-refractivity contribution is -0.906. The molecule has 1 saturated heterocycles. The van der Waals surface area contributed by atoms with E-state index in [1.807, 2.05) is 0 Å². The van der Waals surface area contributed by atoms with Crippen LogP contribution in [-0.4, -0.2) is 54.9 Å². The predicted octanol–water partition coefficient (Wildman–Crippen LogP) is -0.349. The lowest BCUT2D eigenvalue weighted by Gasteiger charge is -2.23.